The molecule has 0 saturated carbocycles. The van der Waals surface area contributed by atoms with E-state index in [2.05, 4.69) is 0 Å². The Morgan fingerprint density at radius 2 is 0.667 bits per heavy atom. The number of halogens is 20. The van der Waals surface area contributed by atoms with Crippen LogP contribution in [-0.4, -0.2) is 48.4 Å². The van der Waals surface area contributed by atoms with Gasteiger partial charge in [0.1, 0.15) is 23.0 Å². The molecule has 0 heterocycles. The molecule has 0 spiro atoms. The normalized spacial score (nSPS) is 13.7. The molecular formula is C37H22F20N2O4. The number of ether oxygens (including phenoxy) is 2. The van der Waals surface area contributed by atoms with Crippen molar-refractivity contribution >= 4 is 23.2 Å². The number of nitrogens with one attached hydrogen (secondary N) is 2. The number of rotatable bonds is 12. The smallest absolute Gasteiger partial charge is 0.457 e. The van der Waals surface area contributed by atoms with Crippen molar-refractivity contribution in [1.82, 2.24) is 0 Å². The summed E-state index contributed by atoms with van der Waals surface area (Å²) < 4.78 is 291. The lowest BCUT2D eigenvalue weighted by Crippen LogP contribution is -2.54. The van der Waals surface area contributed by atoms with Gasteiger partial charge in [0.15, 0.2) is 0 Å². The first-order valence-corrected chi connectivity index (χ1v) is 16.6. The predicted molar refractivity (Wildman–Crippen MR) is 177 cm³/mol. The van der Waals surface area contributed by atoms with E-state index in [9.17, 15) is 97.4 Å². The first kappa shape index (κ1) is 49.7. The quantitative estimate of drug-likeness (QED) is 0.139. The van der Waals surface area contributed by atoms with Crippen molar-refractivity contribution in [3.63, 3.8) is 0 Å². The fraction of sp³-hybridized carbons (Fsp3) is 0.297. The lowest BCUT2D eigenvalue weighted by Gasteiger charge is -2.38. The van der Waals surface area contributed by atoms with Crippen LogP contribution in [0.5, 0.6) is 23.0 Å². The van der Waals surface area contributed by atoms with Gasteiger partial charge in [-0.05, 0) is 71.8 Å². The Hall–Kier alpha value is -5.98. The zero-order valence-corrected chi connectivity index (χ0v) is 30.8. The molecule has 0 atom stereocenters. The number of alkyl halides is 20. The molecule has 0 bridgehead atoms. The van der Waals surface area contributed by atoms with E-state index >= 15 is 0 Å². The molecule has 4 rings (SSSR count). The van der Waals surface area contributed by atoms with E-state index in [0.29, 0.717) is 62.4 Å². The van der Waals surface area contributed by atoms with Gasteiger partial charge in [-0.15, -0.1) is 0 Å². The molecule has 4 aromatic rings. The van der Waals surface area contributed by atoms with Crippen LogP contribution in [0, 0.1) is 0 Å². The second kappa shape index (κ2) is 16.3. The summed E-state index contributed by atoms with van der Waals surface area (Å²) in [6.45, 7) is 1.33. The van der Waals surface area contributed by atoms with E-state index in [-0.39, 0.29) is 36.4 Å². The van der Waals surface area contributed by atoms with E-state index in [4.69, 9.17) is 9.47 Å². The zero-order valence-electron chi connectivity index (χ0n) is 30.8. The average molecular weight is 939 g/mol. The van der Waals surface area contributed by atoms with Crippen molar-refractivity contribution in [2.75, 3.05) is 10.6 Å². The third-order valence-corrected chi connectivity index (χ3v) is 8.68. The minimum Gasteiger partial charge on any atom is -0.457 e. The van der Waals surface area contributed by atoms with Crippen molar-refractivity contribution in [2.45, 2.75) is 67.7 Å². The Kier molecular flexibility index (Phi) is 12.8. The molecule has 344 valence electrons. The van der Waals surface area contributed by atoms with Crippen LogP contribution in [-0.2, 0) is 26.8 Å². The van der Waals surface area contributed by atoms with Crippen LogP contribution in [0.15, 0.2) is 84.9 Å². The summed E-state index contributed by atoms with van der Waals surface area (Å²) in [4.78, 5) is 22.9. The summed E-state index contributed by atoms with van der Waals surface area (Å²) in [5.74, 6) is -31.9. The van der Waals surface area contributed by atoms with Gasteiger partial charge in [-0.25, -0.2) is 0 Å². The van der Waals surface area contributed by atoms with Gasteiger partial charge in [-0.2, -0.15) is 87.8 Å². The van der Waals surface area contributed by atoms with E-state index in [0.717, 1.165) is 0 Å². The molecule has 0 unspecified atom stereocenters. The molecule has 0 radical (unpaired) electrons. The summed E-state index contributed by atoms with van der Waals surface area (Å²) in [6, 6.07) is 3.85. The summed E-state index contributed by atoms with van der Waals surface area (Å²) in [5.41, 5.74) is -15.2. The topological polar surface area (TPSA) is 76.7 Å². The first-order valence-electron chi connectivity index (χ1n) is 16.6. The largest absolute Gasteiger partial charge is 0.460 e. The van der Waals surface area contributed by atoms with E-state index in [1.165, 1.54) is 0 Å². The zero-order chi connectivity index (χ0) is 48.2. The predicted octanol–water partition coefficient (Wildman–Crippen LogP) is 13.2. The van der Waals surface area contributed by atoms with Crippen molar-refractivity contribution < 1.29 is 107 Å². The Balaban J connectivity index is 1.76. The molecule has 26 heteroatoms. The minimum absolute atomic E-state index is 0.111. The maximum Gasteiger partial charge on any atom is 0.460 e. The Morgan fingerprint density at radius 1 is 0.397 bits per heavy atom. The molecule has 2 amide bonds. The van der Waals surface area contributed by atoms with Crippen molar-refractivity contribution in [2.24, 2.45) is 0 Å². The number of anilines is 2. The number of amides is 2. The van der Waals surface area contributed by atoms with Crippen LogP contribution in [0.3, 0.4) is 0 Å². The maximum absolute atomic E-state index is 14.8. The van der Waals surface area contributed by atoms with Crippen LogP contribution in [0.25, 0.3) is 0 Å². The van der Waals surface area contributed by atoms with Gasteiger partial charge in [0.25, 0.3) is 0 Å². The highest BCUT2D eigenvalue weighted by Crippen LogP contribution is 2.58. The summed E-state index contributed by atoms with van der Waals surface area (Å²) in [5, 5.41) is 3.21. The van der Waals surface area contributed by atoms with Gasteiger partial charge >= 0.3 is 48.4 Å². The number of benzene rings is 4. The monoisotopic (exact) mass is 938 g/mol. The van der Waals surface area contributed by atoms with Gasteiger partial charge in [0.2, 0.25) is 17.2 Å². The number of hydrogen-bond donors (Lipinski definition) is 2. The summed E-state index contributed by atoms with van der Waals surface area (Å²) in [6.07, 6.45) is -26.3. The lowest BCUT2D eigenvalue weighted by molar-refractivity contribution is -0.359. The van der Waals surface area contributed by atoms with Crippen LogP contribution < -0.4 is 20.1 Å². The van der Waals surface area contributed by atoms with E-state index < -0.39 is 122 Å². The number of carbonyl (C=O) groups is 2. The molecule has 6 nitrogen and oxygen atoms in total. The highest BCUT2D eigenvalue weighted by atomic mass is 19.4. The van der Waals surface area contributed by atoms with E-state index in [1.807, 2.05) is 0 Å². The third-order valence-electron chi connectivity index (χ3n) is 8.68. The second-order valence-corrected chi connectivity index (χ2v) is 13.1. The van der Waals surface area contributed by atoms with Gasteiger partial charge in [-0.1, -0.05) is 24.3 Å². The van der Waals surface area contributed by atoms with Gasteiger partial charge in [-0.3, -0.25) is 9.59 Å². The molecule has 4 aromatic carbocycles. The molecule has 0 aliphatic heterocycles. The Labute approximate surface area is 338 Å². The first-order chi connectivity index (χ1) is 28.4. The standard InChI is InChI=1S/C37H22F20N2O4/c1-17(60)58-27-13-11-23(15-25(27)30(38,39)32(42,43)36(52,53)54)62-21-7-3-19(4-8-21)29(34(46,47)48,35(49,50)51)20-5-9-22(10-6-20)63-24-12-14-28(59-18(2)61)26(16-24)31(40,41)33(44,45)37(55,56)57/h3-16H,1-2H3,(H,58,60)(H,59,61). The van der Waals surface area contributed by atoms with Crippen molar-refractivity contribution in [3.05, 3.63) is 107 Å². The second-order valence-electron chi connectivity index (χ2n) is 13.1. The summed E-state index contributed by atoms with van der Waals surface area (Å²) >= 11 is 0. The fourth-order valence-electron chi connectivity index (χ4n) is 5.78. The molecule has 0 saturated heterocycles. The highest BCUT2D eigenvalue weighted by Gasteiger charge is 2.75. The average Bonchev–Trinajstić information content (AvgIpc) is 3.11. The van der Waals surface area contributed by atoms with E-state index in [1.54, 1.807) is 10.6 Å². The van der Waals surface area contributed by atoms with Crippen LogP contribution >= 0.6 is 0 Å². The van der Waals surface area contributed by atoms with Crippen molar-refractivity contribution in [3.8, 4) is 23.0 Å². The van der Waals surface area contributed by atoms with Crippen LogP contribution in [0.4, 0.5) is 99.2 Å². The Morgan fingerprint density at radius 3 is 0.905 bits per heavy atom. The summed E-state index contributed by atoms with van der Waals surface area (Å²) in [7, 11) is 0. The highest BCUT2D eigenvalue weighted by molar-refractivity contribution is 5.90. The van der Waals surface area contributed by atoms with Crippen LogP contribution in [0.2, 0.25) is 0 Å². The van der Waals surface area contributed by atoms with Crippen molar-refractivity contribution in [1.29, 1.82) is 0 Å². The number of carbonyl (C=O) groups excluding carboxylic acids is 2. The van der Waals surface area contributed by atoms with Crippen LogP contribution in [0.1, 0.15) is 36.1 Å². The molecule has 0 fully saturated rings. The molecule has 0 aliphatic carbocycles. The molecule has 2 N–H and O–H groups in total. The lowest BCUT2D eigenvalue weighted by atomic mass is 9.73. The molecule has 63 heavy (non-hydrogen) atoms. The molecule has 0 aliphatic rings. The molecule has 0 aromatic heterocycles. The van der Waals surface area contributed by atoms with Gasteiger partial charge < -0.3 is 20.1 Å². The maximum atomic E-state index is 14.8. The Bertz CT molecular complexity index is 2150. The SMILES string of the molecule is CC(=O)Nc1ccc(Oc2ccc(C(c3ccc(Oc4ccc(NC(C)=O)c(C(F)(F)C(F)(F)C(F)(F)F)c4)cc3)(C(F)(F)F)C(F)(F)F)cc2)cc1C(F)(F)C(F)(F)C(F)(F)F. The van der Waals surface area contributed by atoms with Gasteiger partial charge in [0, 0.05) is 13.8 Å². The van der Waals surface area contributed by atoms with Gasteiger partial charge in [0.05, 0.1) is 22.5 Å². The minimum atomic E-state index is -6.86. The third kappa shape index (κ3) is 9.10. The molecular weight excluding hydrogens is 916 g/mol. The fourth-order valence-corrected chi connectivity index (χ4v) is 5.78. The number of hydrogen-bond acceptors (Lipinski definition) is 4.